The van der Waals surface area contributed by atoms with Gasteiger partial charge in [0.05, 0.1) is 11.1 Å². The first-order valence-electron chi connectivity index (χ1n) is 7.57. The quantitative estimate of drug-likeness (QED) is 0.783. The molecule has 0 fully saturated rings. The van der Waals surface area contributed by atoms with Gasteiger partial charge in [-0.2, -0.15) is 0 Å². The summed E-state index contributed by atoms with van der Waals surface area (Å²) >= 11 is 0. The lowest BCUT2D eigenvalue weighted by atomic mass is 10.1. The van der Waals surface area contributed by atoms with E-state index in [0.717, 1.165) is 4.90 Å². The molecule has 124 valence electrons. The molecule has 1 aliphatic rings. The maximum absolute atomic E-state index is 12.2. The summed E-state index contributed by atoms with van der Waals surface area (Å²) in [6.07, 6.45) is 0.480. The first kappa shape index (κ1) is 15.9. The molecule has 0 aliphatic carbocycles. The summed E-state index contributed by atoms with van der Waals surface area (Å²) in [4.78, 5) is 37.3. The second kappa shape index (κ2) is 6.61. The van der Waals surface area contributed by atoms with Crippen molar-refractivity contribution in [2.24, 2.45) is 0 Å². The Morgan fingerprint density at radius 2 is 1.83 bits per heavy atom. The molecule has 1 N–H and O–H groups in total. The van der Waals surface area contributed by atoms with Crippen molar-refractivity contribution in [3.05, 3.63) is 47.2 Å². The second-order valence-electron chi connectivity index (χ2n) is 5.37. The van der Waals surface area contributed by atoms with Crippen LogP contribution in [0.3, 0.4) is 0 Å². The molecule has 0 atom stereocenters. The molecule has 0 saturated heterocycles. The Hall–Kier alpha value is -3.03. The van der Waals surface area contributed by atoms with E-state index in [2.05, 4.69) is 15.5 Å². The van der Waals surface area contributed by atoms with Crippen LogP contribution in [0.1, 0.15) is 38.9 Å². The summed E-state index contributed by atoms with van der Waals surface area (Å²) in [7, 11) is 0. The number of nitrogens with one attached hydrogen (secondary N) is 1. The van der Waals surface area contributed by atoms with E-state index in [1.807, 2.05) is 0 Å². The summed E-state index contributed by atoms with van der Waals surface area (Å²) in [5.41, 5.74) is 0.768. The molecule has 24 heavy (non-hydrogen) atoms. The number of benzene rings is 1. The molecule has 2 aromatic rings. The van der Waals surface area contributed by atoms with Crippen LogP contribution >= 0.6 is 0 Å². The number of hydrogen-bond acceptors (Lipinski definition) is 6. The first-order chi connectivity index (χ1) is 11.6. The minimum absolute atomic E-state index is 0.0499. The largest absolute Gasteiger partial charge is 0.426 e. The third-order valence-corrected chi connectivity index (χ3v) is 3.67. The minimum atomic E-state index is -0.357. The fourth-order valence-corrected chi connectivity index (χ4v) is 2.49. The van der Waals surface area contributed by atoms with E-state index in [-0.39, 0.29) is 30.7 Å². The van der Waals surface area contributed by atoms with Gasteiger partial charge in [0, 0.05) is 32.9 Å². The van der Waals surface area contributed by atoms with E-state index < -0.39 is 0 Å². The molecule has 8 heteroatoms. The summed E-state index contributed by atoms with van der Waals surface area (Å²) < 4.78 is 5.20. The van der Waals surface area contributed by atoms with Gasteiger partial charge in [0.25, 0.3) is 11.8 Å². The van der Waals surface area contributed by atoms with Crippen LogP contribution in [-0.4, -0.2) is 45.9 Å². The van der Waals surface area contributed by atoms with Gasteiger partial charge < -0.3 is 9.73 Å². The van der Waals surface area contributed by atoms with Crippen LogP contribution in [0.15, 0.2) is 28.7 Å². The molecule has 0 spiro atoms. The molecular weight excluding hydrogens is 312 g/mol. The van der Waals surface area contributed by atoms with Gasteiger partial charge in [-0.25, -0.2) is 0 Å². The number of hydrogen-bond donors (Lipinski definition) is 1. The fraction of sp³-hybridized carbons (Fsp3) is 0.312. The SMILES string of the molecule is Cc1nnc(CCNC(=O)CCN2C(=O)c3ccccc3C2=O)o1. The second-order valence-corrected chi connectivity index (χ2v) is 5.37. The Balaban J connectivity index is 1.47. The highest BCUT2D eigenvalue weighted by Gasteiger charge is 2.34. The maximum atomic E-state index is 12.2. The van der Waals surface area contributed by atoms with E-state index in [9.17, 15) is 14.4 Å². The molecule has 2 heterocycles. The molecule has 1 aliphatic heterocycles. The molecule has 1 aromatic carbocycles. The predicted octanol–water partition coefficient (Wildman–Crippen LogP) is 0.723. The molecule has 0 unspecified atom stereocenters. The fourth-order valence-electron chi connectivity index (χ4n) is 2.49. The number of carbonyl (C=O) groups excluding carboxylic acids is 3. The van der Waals surface area contributed by atoms with Crippen molar-refractivity contribution in [1.29, 1.82) is 0 Å². The number of amides is 3. The monoisotopic (exact) mass is 328 g/mol. The van der Waals surface area contributed by atoms with Crippen molar-refractivity contribution in [2.45, 2.75) is 19.8 Å². The van der Waals surface area contributed by atoms with E-state index in [1.54, 1.807) is 31.2 Å². The predicted molar refractivity (Wildman–Crippen MR) is 82.2 cm³/mol. The van der Waals surface area contributed by atoms with Crippen molar-refractivity contribution in [2.75, 3.05) is 13.1 Å². The number of rotatable bonds is 6. The van der Waals surface area contributed by atoms with Crippen LogP contribution in [0.5, 0.6) is 0 Å². The van der Waals surface area contributed by atoms with Crippen LogP contribution < -0.4 is 5.32 Å². The molecule has 0 bridgehead atoms. The van der Waals surface area contributed by atoms with Crippen molar-refractivity contribution in [3.63, 3.8) is 0 Å². The van der Waals surface area contributed by atoms with E-state index >= 15 is 0 Å². The Morgan fingerprint density at radius 3 is 2.42 bits per heavy atom. The van der Waals surface area contributed by atoms with E-state index in [4.69, 9.17) is 4.42 Å². The van der Waals surface area contributed by atoms with Gasteiger partial charge in [0.15, 0.2) is 0 Å². The standard InChI is InChI=1S/C16H16N4O4/c1-10-18-19-14(24-10)6-8-17-13(21)7-9-20-15(22)11-4-2-3-5-12(11)16(20)23/h2-5H,6-9H2,1H3,(H,17,21). The molecule has 3 rings (SSSR count). The molecular formula is C16H16N4O4. The third-order valence-electron chi connectivity index (χ3n) is 3.67. The van der Waals surface area contributed by atoms with E-state index in [1.165, 1.54) is 0 Å². The average molecular weight is 328 g/mol. The van der Waals surface area contributed by atoms with Gasteiger partial charge in [0.2, 0.25) is 17.7 Å². The Bertz CT molecular complexity index is 764. The normalized spacial score (nSPS) is 13.3. The summed E-state index contributed by atoms with van der Waals surface area (Å²) in [5.74, 6) is -0.0348. The molecule has 1 aromatic heterocycles. The zero-order valence-electron chi connectivity index (χ0n) is 13.1. The van der Waals surface area contributed by atoms with E-state index in [0.29, 0.717) is 35.9 Å². The van der Waals surface area contributed by atoms with Crippen LogP contribution in [-0.2, 0) is 11.2 Å². The van der Waals surface area contributed by atoms with Crippen molar-refractivity contribution >= 4 is 17.7 Å². The lowest BCUT2D eigenvalue weighted by Gasteiger charge is -2.13. The van der Waals surface area contributed by atoms with Gasteiger partial charge in [-0.15, -0.1) is 10.2 Å². The van der Waals surface area contributed by atoms with Crippen LogP contribution in [0.4, 0.5) is 0 Å². The van der Waals surface area contributed by atoms with Crippen molar-refractivity contribution in [3.8, 4) is 0 Å². The molecule has 0 radical (unpaired) electrons. The topological polar surface area (TPSA) is 105 Å². The molecule has 0 saturated carbocycles. The number of nitrogens with zero attached hydrogens (tertiary/aromatic N) is 3. The Labute approximate surface area is 137 Å². The highest BCUT2D eigenvalue weighted by molar-refractivity contribution is 6.21. The van der Waals surface area contributed by atoms with Gasteiger partial charge in [0.1, 0.15) is 0 Å². The number of fused-ring (bicyclic) bond motifs is 1. The highest BCUT2D eigenvalue weighted by atomic mass is 16.4. The van der Waals surface area contributed by atoms with Crippen molar-refractivity contribution in [1.82, 2.24) is 20.4 Å². The Kier molecular flexibility index (Phi) is 4.37. The Morgan fingerprint density at radius 1 is 1.17 bits per heavy atom. The zero-order valence-corrected chi connectivity index (χ0v) is 13.1. The van der Waals surface area contributed by atoms with Crippen LogP contribution in [0.2, 0.25) is 0 Å². The van der Waals surface area contributed by atoms with Crippen LogP contribution in [0, 0.1) is 6.92 Å². The number of imide groups is 1. The van der Waals surface area contributed by atoms with Gasteiger partial charge in [-0.3, -0.25) is 19.3 Å². The van der Waals surface area contributed by atoms with Crippen LogP contribution in [0.25, 0.3) is 0 Å². The summed E-state index contributed by atoms with van der Waals surface area (Å²) in [5, 5.41) is 10.2. The zero-order chi connectivity index (χ0) is 17.1. The van der Waals surface area contributed by atoms with Gasteiger partial charge in [-0.05, 0) is 12.1 Å². The molecule has 8 nitrogen and oxygen atoms in total. The lowest BCUT2D eigenvalue weighted by Crippen LogP contribution is -2.35. The maximum Gasteiger partial charge on any atom is 0.261 e. The molecule has 3 amide bonds. The van der Waals surface area contributed by atoms with Crippen molar-refractivity contribution < 1.29 is 18.8 Å². The number of aryl methyl sites for hydroxylation is 1. The number of carbonyl (C=O) groups is 3. The summed E-state index contributed by atoms with van der Waals surface area (Å²) in [6.45, 7) is 2.09. The first-order valence-corrected chi connectivity index (χ1v) is 7.57. The lowest BCUT2D eigenvalue weighted by molar-refractivity contribution is -0.121. The van der Waals surface area contributed by atoms with Gasteiger partial charge >= 0.3 is 0 Å². The number of aromatic nitrogens is 2. The average Bonchev–Trinajstić information content (AvgIpc) is 3.09. The highest BCUT2D eigenvalue weighted by Crippen LogP contribution is 2.22. The summed E-state index contributed by atoms with van der Waals surface area (Å²) in [6, 6.07) is 6.64. The van der Waals surface area contributed by atoms with Gasteiger partial charge in [-0.1, -0.05) is 12.1 Å². The minimum Gasteiger partial charge on any atom is -0.426 e. The third kappa shape index (κ3) is 3.17. The smallest absolute Gasteiger partial charge is 0.261 e.